The van der Waals surface area contributed by atoms with Gasteiger partial charge in [0.2, 0.25) is 0 Å². The van der Waals surface area contributed by atoms with Gasteiger partial charge in [-0.15, -0.1) is 11.3 Å². The quantitative estimate of drug-likeness (QED) is 0.642. The van der Waals surface area contributed by atoms with Crippen molar-refractivity contribution < 1.29 is 21.6 Å². The van der Waals surface area contributed by atoms with E-state index < -0.39 is 31.0 Å². The number of hydrogen-bond donors (Lipinski definition) is 1. The van der Waals surface area contributed by atoms with Crippen LogP contribution in [0, 0.1) is 0 Å². The van der Waals surface area contributed by atoms with E-state index in [1.807, 2.05) is 43.3 Å². The summed E-state index contributed by atoms with van der Waals surface area (Å²) >= 11 is 1.12. The summed E-state index contributed by atoms with van der Waals surface area (Å²) < 4.78 is 55.9. The van der Waals surface area contributed by atoms with Gasteiger partial charge in [-0.1, -0.05) is 18.2 Å². The summed E-state index contributed by atoms with van der Waals surface area (Å²) in [7, 11) is -1.67. The number of sulfone groups is 2. The molecular formula is C19H26N2O5S3. The molecule has 29 heavy (non-hydrogen) atoms. The minimum absolute atomic E-state index is 0.0469. The molecule has 10 heteroatoms. The molecule has 160 valence electrons. The van der Waals surface area contributed by atoms with Gasteiger partial charge in [-0.25, -0.2) is 16.8 Å². The summed E-state index contributed by atoms with van der Waals surface area (Å²) in [5, 5.41) is 3.94. The zero-order valence-corrected chi connectivity index (χ0v) is 19.1. The Bertz CT molecular complexity index is 1020. The van der Waals surface area contributed by atoms with Crippen LogP contribution in [0.2, 0.25) is 0 Å². The Morgan fingerprint density at radius 2 is 1.90 bits per heavy atom. The number of methoxy groups -OCH3 is 1. The Kier molecular flexibility index (Phi) is 6.69. The van der Waals surface area contributed by atoms with Crippen LogP contribution in [0.1, 0.15) is 11.6 Å². The Morgan fingerprint density at radius 1 is 1.21 bits per heavy atom. The van der Waals surface area contributed by atoms with Gasteiger partial charge in [0.1, 0.15) is 9.96 Å². The van der Waals surface area contributed by atoms with Crippen LogP contribution in [-0.4, -0.2) is 72.3 Å². The predicted molar refractivity (Wildman–Crippen MR) is 115 cm³/mol. The summed E-state index contributed by atoms with van der Waals surface area (Å²) in [5.41, 5.74) is 1.03. The number of thiophene rings is 1. The Labute approximate surface area is 176 Å². The van der Waals surface area contributed by atoms with Crippen molar-refractivity contribution in [2.24, 2.45) is 0 Å². The lowest BCUT2D eigenvalue weighted by molar-refractivity contribution is 0.281. The van der Waals surface area contributed by atoms with E-state index in [9.17, 15) is 16.8 Å². The molecular weight excluding hydrogens is 432 g/mol. The van der Waals surface area contributed by atoms with Crippen LogP contribution < -0.4 is 10.1 Å². The predicted octanol–water partition coefficient (Wildman–Crippen LogP) is 1.59. The van der Waals surface area contributed by atoms with Crippen molar-refractivity contribution in [2.45, 2.75) is 21.5 Å². The lowest BCUT2D eigenvalue weighted by atomic mass is 10.1. The van der Waals surface area contributed by atoms with Crippen LogP contribution in [0.25, 0.3) is 0 Å². The molecule has 0 radical (unpaired) electrons. The van der Waals surface area contributed by atoms with E-state index in [-0.39, 0.29) is 21.8 Å². The molecule has 3 atom stereocenters. The maximum absolute atomic E-state index is 13.0. The lowest BCUT2D eigenvalue weighted by Gasteiger charge is -2.28. The highest BCUT2D eigenvalue weighted by atomic mass is 32.2. The van der Waals surface area contributed by atoms with E-state index in [0.29, 0.717) is 6.54 Å². The normalized spacial score (nSPS) is 22.6. The van der Waals surface area contributed by atoms with Crippen LogP contribution in [0.4, 0.5) is 0 Å². The molecule has 1 unspecified atom stereocenters. The molecule has 0 aliphatic carbocycles. The zero-order valence-electron chi connectivity index (χ0n) is 16.6. The van der Waals surface area contributed by atoms with Gasteiger partial charge in [0.15, 0.2) is 19.7 Å². The number of nitrogens with zero attached hydrogens (tertiary/aromatic N) is 1. The highest BCUT2D eigenvalue weighted by molar-refractivity contribution is 7.97. The molecule has 7 nitrogen and oxygen atoms in total. The average molecular weight is 459 g/mol. The summed E-state index contributed by atoms with van der Waals surface area (Å²) in [6.07, 6.45) is 0. The van der Waals surface area contributed by atoms with E-state index in [4.69, 9.17) is 4.74 Å². The smallest absolute Gasteiger partial charge is 0.193 e. The first kappa shape index (κ1) is 22.2. The van der Waals surface area contributed by atoms with Gasteiger partial charge in [0, 0.05) is 18.6 Å². The summed E-state index contributed by atoms with van der Waals surface area (Å²) in [4.78, 5) is 2.01. The maximum Gasteiger partial charge on any atom is 0.193 e. The highest BCUT2D eigenvalue weighted by Crippen LogP contribution is 2.29. The van der Waals surface area contributed by atoms with E-state index in [2.05, 4.69) is 5.32 Å². The van der Waals surface area contributed by atoms with Crippen molar-refractivity contribution >= 4 is 31.0 Å². The maximum atomic E-state index is 13.0. The minimum Gasteiger partial charge on any atom is -0.497 e. The van der Waals surface area contributed by atoms with E-state index in [1.54, 1.807) is 18.6 Å². The first-order chi connectivity index (χ1) is 13.6. The van der Waals surface area contributed by atoms with Gasteiger partial charge in [0.05, 0.1) is 23.9 Å². The third kappa shape index (κ3) is 5.00. The topological polar surface area (TPSA) is 92.8 Å². The fourth-order valence-electron chi connectivity index (χ4n) is 3.57. The summed E-state index contributed by atoms with van der Waals surface area (Å²) in [6.45, 7) is 0.427. The standard InChI is InChI=1S/C19H26N2O5S3/c1-21(2)17(14-6-8-15(26-3)9-7-14)11-20-16-12-28(22,23)13-18(16)29(24,25)19-5-4-10-27-19/h4-10,16-18,20H,11-13H2,1-3H3/t16-,17?,18-/m0/s1. The molecule has 1 saturated heterocycles. The number of ether oxygens (including phenoxy) is 1. The van der Waals surface area contributed by atoms with Crippen molar-refractivity contribution in [1.29, 1.82) is 0 Å². The largest absolute Gasteiger partial charge is 0.497 e. The van der Waals surface area contributed by atoms with Crippen molar-refractivity contribution in [3.05, 3.63) is 47.3 Å². The third-order valence-corrected chi connectivity index (χ3v) is 10.8. The van der Waals surface area contributed by atoms with Gasteiger partial charge in [-0.05, 0) is 43.2 Å². The molecule has 1 aromatic carbocycles. The number of benzene rings is 1. The second-order valence-electron chi connectivity index (χ2n) is 7.36. The van der Waals surface area contributed by atoms with Crippen molar-refractivity contribution in [2.75, 3.05) is 39.3 Å². The van der Waals surface area contributed by atoms with E-state index in [0.717, 1.165) is 22.6 Å². The zero-order chi connectivity index (χ0) is 21.2. The monoisotopic (exact) mass is 458 g/mol. The molecule has 0 saturated carbocycles. The van der Waals surface area contributed by atoms with Crippen molar-refractivity contribution in [1.82, 2.24) is 10.2 Å². The molecule has 1 fully saturated rings. The van der Waals surface area contributed by atoms with Crippen LogP contribution in [-0.2, 0) is 19.7 Å². The number of rotatable bonds is 8. The van der Waals surface area contributed by atoms with Gasteiger partial charge in [0.25, 0.3) is 0 Å². The molecule has 2 aromatic rings. The number of likely N-dealkylation sites (N-methyl/N-ethyl adjacent to an activating group) is 1. The Balaban J connectivity index is 1.80. The Morgan fingerprint density at radius 3 is 2.45 bits per heavy atom. The summed E-state index contributed by atoms with van der Waals surface area (Å²) in [5.74, 6) is 0.230. The molecule has 0 bridgehead atoms. The number of hydrogen-bond acceptors (Lipinski definition) is 8. The van der Waals surface area contributed by atoms with Crippen LogP contribution in [0.5, 0.6) is 5.75 Å². The molecule has 0 spiro atoms. The van der Waals surface area contributed by atoms with Crippen LogP contribution >= 0.6 is 11.3 Å². The molecule has 1 aromatic heterocycles. The molecule has 1 N–H and O–H groups in total. The molecule has 2 heterocycles. The fourth-order valence-corrected chi connectivity index (χ4v) is 9.51. The third-order valence-electron chi connectivity index (χ3n) is 5.17. The van der Waals surface area contributed by atoms with Crippen molar-refractivity contribution in [3.63, 3.8) is 0 Å². The summed E-state index contributed by atoms with van der Waals surface area (Å²) in [6, 6.07) is 10.2. The lowest BCUT2D eigenvalue weighted by Crippen LogP contribution is -2.46. The Hall–Kier alpha value is -1.46. The van der Waals surface area contributed by atoms with Crippen LogP contribution in [0.15, 0.2) is 46.0 Å². The second kappa shape index (κ2) is 8.73. The first-order valence-corrected chi connectivity index (χ1v) is 13.4. The number of nitrogens with one attached hydrogen (secondary N) is 1. The second-order valence-corrected chi connectivity index (χ2v) is 12.9. The van der Waals surface area contributed by atoms with Gasteiger partial charge in [-0.3, -0.25) is 0 Å². The molecule has 3 rings (SSSR count). The fraction of sp³-hybridized carbons (Fsp3) is 0.474. The van der Waals surface area contributed by atoms with E-state index in [1.165, 1.54) is 6.07 Å². The van der Waals surface area contributed by atoms with Crippen molar-refractivity contribution in [3.8, 4) is 5.75 Å². The molecule has 1 aliphatic heterocycles. The van der Waals surface area contributed by atoms with Gasteiger partial charge in [-0.2, -0.15) is 0 Å². The SMILES string of the molecule is COc1ccc(C(CN[C@H]2CS(=O)(=O)C[C@@H]2S(=O)(=O)c2cccs2)N(C)C)cc1. The van der Waals surface area contributed by atoms with Gasteiger partial charge >= 0.3 is 0 Å². The van der Waals surface area contributed by atoms with Gasteiger partial charge < -0.3 is 15.0 Å². The highest BCUT2D eigenvalue weighted by Gasteiger charge is 2.46. The van der Waals surface area contributed by atoms with Crippen LogP contribution in [0.3, 0.4) is 0 Å². The van der Waals surface area contributed by atoms with E-state index >= 15 is 0 Å². The molecule has 1 aliphatic rings. The first-order valence-electron chi connectivity index (χ1n) is 9.15. The molecule has 0 amide bonds. The minimum atomic E-state index is -3.71. The average Bonchev–Trinajstić information content (AvgIpc) is 3.30.